The Bertz CT molecular complexity index is 465. The monoisotopic (exact) mass is 244 g/mol. The third-order valence-corrected chi connectivity index (χ3v) is 4.36. The second kappa shape index (κ2) is 4.30. The van der Waals surface area contributed by atoms with Crippen molar-refractivity contribution in [3.8, 4) is 0 Å². The van der Waals surface area contributed by atoms with E-state index in [1.165, 1.54) is 32.1 Å². The Labute approximate surface area is 108 Å². The molecular weight excluding hydrogens is 224 g/mol. The van der Waals surface area contributed by atoms with Gasteiger partial charge in [-0.1, -0.05) is 31.4 Å². The summed E-state index contributed by atoms with van der Waals surface area (Å²) in [5.41, 5.74) is 1.44. The van der Waals surface area contributed by atoms with Crippen molar-refractivity contribution in [3.63, 3.8) is 0 Å². The van der Waals surface area contributed by atoms with E-state index in [-0.39, 0.29) is 11.6 Å². The zero-order valence-electron chi connectivity index (χ0n) is 10.8. The van der Waals surface area contributed by atoms with Gasteiger partial charge in [-0.2, -0.15) is 0 Å². The third-order valence-electron chi connectivity index (χ3n) is 4.36. The van der Waals surface area contributed by atoms with Crippen LogP contribution in [0, 0.1) is 5.92 Å². The van der Waals surface area contributed by atoms with Gasteiger partial charge in [-0.25, -0.2) is 0 Å². The Balaban J connectivity index is 1.90. The van der Waals surface area contributed by atoms with Crippen molar-refractivity contribution in [1.29, 1.82) is 0 Å². The van der Waals surface area contributed by atoms with Gasteiger partial charge in [-0.15, -0.1) is 0 Å². The van der Waals surface area contributed by atoms with Gasteiger partial charge in [0.05, 0.1) is 5.56 Å². The lowest BCUT2D eigenvalue weighted by Gasteiger charge is -2.44. The summed E-state index contributed by atoms with van der Waals surface area (Å²) in [7, 11) is 0. The number of fused-ring (bicyclic) bond motifs is 1. The standard InChI is InChI=1S/C15H20N2O/c1-15(11-7-3-2-4-8-11)16-13-10-6-5-9-12(13)14(18)17-15/h5-6,9-11,16H,2-4,7-8H2,1H3,(H,17,18). The van der Waals surface area contributed by atoms with Crippen molar-refractivity contribution < 1.29 is 4.79 Å². The molecule has 1 aromatic rings. The maximum absolute atomic E-state index is 12.2. The molecule has 0 saturated heterocycles. The number of hydrogen-bond donors (Lipinski definition) is 2. The molecule has 96 valence electrons. The molecule has 1 fully saturated rings. The maximum Gasteiger partial charge on any atom is 0.255 e. The first-order valence-electron chi connectivity index (χ1n) is 6.89. The molecule has 1 heterocycles. The van der Waals surface area contributed by atoms with E-state index < -0.39 is 0 Å². The van der Waals surface area contributed by atoms with Gasteiger partial charge in [-0.3, -0.25) is 4.79 Å². The average Bonchev–Trinajstić information content (AvgIpc) is 2.40. The van der Waals surface area contributed by atoms with Crippen LogP contribution in [0.5, 0.6) is 0 Å². The number of benzene rings is 1. The molecule has 1 amide bonds. The Morgan fingerprint density at radius 1 is 1.11 bits per heavy atom. The van der Waals surface area contributed by atoms with Crippen molar-refractivity contribution in [2.45, 2.75) is 44.7 Å². The fraction of sp³-hybridized carbons (Fsp3) is 0.533. The lowest BCUT2D eigenvalue weighted by molar-refractivity contribution is 0.0852. The summed E-state index contributed by atoms with van der Waals surface area (Å²) in [4.78, 5) is 12.2. The van der Waals surface area contributed by atoms with Gasteiger partial charge in [0.15, 0.2) is 0 Å². The topological polar surface area (TPSA) is 41.1 Å². The van der Waals surface area contributed by atoms with Gasteiger partial charge >= 0.3 is 0 Å². The zero-order valence-corrected chi connectivity index (χ0v) is 10.8. The van der Waals surface area contributed by atoms with Crippen LogP contribution < -0.4 is 10.6 Å². The molecule has 1 unspecified atom stereocenters. The fourth-order valence-corrected chi connectivity index (χ4v) is 3.29. The van der Waals surface area contributed by atoms with Crippen LogP contribution in [-0.4, -0.2) is 11.6 Å². The second-order valence-corrected chi connectivity index (χ2v) is 5.66. The van der Waals surface area contributed by atoms with Crippen LogP contribution in [0.25, 0.3) is 0 Å². The number of anilines is 1. The van der Waals surface area contributed by atoms with E-state index >= 15 is 0 Å². The number of carbonyl (C=O) groups is 1. The second-order valence-electron chi connectivity index (χ2n) is 5.66. The van der Waals surface area contributed by atoms with E-state index in [2.05, 4.69) is 17.6 Å². The van der Waals surface area contributed by atoms with Crippen LogP contribution in [0.15, 0.2) is 24.3 Å². The van der Waals surface area contributed by atoms with Crippen molar-refractivity contribution in [1.82, 2.24) is 5.32 Å². The first-order chi connectivity index (χ1) is 8.69. The Morgan fingerprint density at radius 3 is 2.61 bits per heavy atom. The SMILES string of the molecule is CC1(C2CCCCC2)NC(=O)c2ccccc2N1. The molecule has 0 radical (unpaired) electrons. The van der Waals surface area contributed by atoms with Crippen LogP contribution in [0.1, 0.15) is 49.4 Å². The molecule has 2 N–H and O–H groups in total. The van der Waals surface area contributed by atoms with Gasteiger partial charge in [-0.05, 0) is 31.9 Å². The predicted octanol–water partition coefficient (Wildman–Crippen LogP) is 3.14. The first-order valence-corrected chi connectivity index (χ1v) is 6.89. The average molecular weight is 244 g/mol. The van der Waals surface area contributed by atoms with E-state index in [1.807, 2.05) is 24.3 Å². The summed E-state index contributed by atoms with van der Waals surface area (Å²) in [6.07, 6.45) is 6.29. The summed E-state index contributed by atoms with van der Waals surface area (Å²) in [6, 6.07) is 7.75. The van der Waals surface area contributed by atoms with E-state index in [0.717, 1.165) is 11.3 Å². The van der Waals surface area contributed by atoms with Crippen molar-refractivity contribution in [3.05, 3.63) is 29.8 Å². The Morgan fingerprint density at radius 2 is 1.83 bits per heavy atom. The van der Waals surface area contributed by atoms with Gasteiger partial charge in [0.25, 0.3) is 5.91 Å². The van der Waals surface area contributed by atoms with E-state index in [4.69, 9.17) is 0 Å². The van der Waals surface area contributed by atoms with Gasteiger partial charge in [0.2, 0.25) is 0 Å². The molecule has 1 aromatic carbocycles. The summed E-state index contributed by atoms with van der Waals surface area (Å²) < 4.78 is 0. The Hall–Kier alpha value is -1.51. The zero-order chi connectivity index (χ0) is 12.6. The summed E-state index contributed by atoms with van der Waals surface area (Å²) in [5, 5.41) is 6.71. The smallest absolute Gasteiger partial charge is 0.255 e. The van der Waals surface area contributed by atoms with Crippen molar-refractivity contribution >= 4 is 11.6 Å². The molecule has 1 aliphatic heterocycles. The minimum absolute atomic E-state index is 0.0532. The lowest BCUT2D eigenvalue weighted by atomic mass is 9.79. The normalized spacial score (nSPS) is 28.2. The van der Waals surface area contributed by atoms with Crippen LogP contribution in [0.3, 0.4) is 0 Å². The molecule has 3 rings (SSSR count). The van der Waals surface area contributed by atoms with Crippen LogP contribution >= 0.6 is 0 Å². The molecule has 1 atom stereocenters. The first kappa shape index (κ1) is 11.6. The molecule has 1 saturated carbocycles. The molecule has 1 aliphatic carbocycles. The number of nitrogens with one attached hydrogen (secondary N) is 2. The number of para-hydroxylation sites is 1. The minimum Gasteiger partial charge on any atom is -0.362 e. The van der Waals surface area contributed by atoms with Crippen LogP contribution in [-0.2, 0) is 0 Å². The van der Waals surface area contributed by atoms with E-state index in [1.54, 1.807) is 0 Å². The van der Waals surface area contributed by atoms with Crippen LogP contribution in [0.4, 0.5) is 5.69 Å². The highest BCUT2D eigenvalue weighted by Gasteiger charge is 2.40. The highest BCUT2D eigenvalue weighted by molar-refractivity contribution is 6.02. The lowest BCUT2D eigenvalue weighted by Crippen LogP contribution is -2.60. The fourth-order valence-electron chi connectivity index (χ4n) is 3.29. The minimum atomic E-state index is -0.286. The molecule has 3 heteroatoms. The van der Waals surface area contributed by atoms with Crippen molar-refractivity contribution in [2.75, 3.05) is 5.32 Å². The van der Waals surface area contributed by atoms with E-state index in [0.29, 0.717) is 5.92 Å². The van der Waals surface area contributed by atoms with Gasteiger partial charge in [0.1, 0.15) is 5.66 Å². The van der Waals surface area contributed by atoms with Gasteiger partial charge < -0.3 is 10.6 Å². The molecule has 0 spiro atoms. The molecule has 18 heavy (non-hydrogen) atoms. The molecule has 0 bridgehead atoms. The quantitative estimate of drug-likeness (QED) is 0.797. The largest absolute Gasteiger partial charge is 0.362 e. The summed E-state index contributed by atoms with van der Waals surface area (Å²) in [5.74, 6) is 0.584. The van der Waals surface area contributed by atoms with E-state index in [9.17, 15) is 4.79 Å². The maximum atomic E-state index is 12.2. The molecule has 2 aliphatic rings. The molecule has 3 nitrogen and oxygen atoms in total. The molecular formula is C15H20N2O. The summed E-state index contributed by atoms with van der Waals surface area (Å²) >= 11 is 0. The molecule has 0 aromatic heterocycles. The highest BCUT2D eigenvalue weighted by atomic mass is 16.2. The van der Waals surface area contributed by atoms with Gasteiger partial charge in [0, 0.05) is 11.6 Å². The third kappa shape index (κ3) is 1.88. The van der Waals surface area contributed by atoms with Crippen molar-refractivity contribution in [2.24, 2.45) is 5.92 Å². The number of carbonyl (C=O) groups excluding carboxylic acids is 1. The highest BCUT2D eigenvalue weighted by Crippen LogP contribution is 2.36. The predicted molar refractivity (Wildman–Crippen MR) is 72.5 cm³/mol. The summed E-state index contributed by atoms with van der Waals surface area (Å²) in [6.45, 7) is 2.12. The number of rotatable bonds is 1. The Kier molecular flexibility index (Phi) is 2.77. The van der Waals surface area contributed by atoms with Crippen LogP contribution in [0.2, 0.25) is 0 Å². The number of hydrogen-bond acceptors (Lipinski definition) is 2. The number of amides is 1.